The quantitative estimate of drug-likeness (QED) is 0.672. The molecule has 19 heavy (non-hydrogen) atoms. The molecule has 0 atom stereocenters. The van der Waals surface area contributed by atoms with Gasteiger partial charge in [0.15, 0.2) is 5.78 Å². The third-order valence-electron chi connectivity index (χ3n) is 3.04. The third-order valence-corrected chi connectivity index (χ3v) is 3.04. The Kier molecular flexibility index (Phi) is 3.95. The van der Waals surface area contributed by atoms with Gasteiger partial charge in [0.25, 0.3) is 0 Å². The zero-order valence-corrected chi connectivity index (χ0v) is 10.8. The van der Waals surface area contributed by atoms with E-state index in [0.717, 1.165) is 11.1 Å². The van der Waals surface area contributed by atoms with Crippen molar-refractivity contribution in [1.29, 1.82) is 0 Å². The van der Waals surface area contributed by atoms with Crippen LogP contribution in [0.2, 0.25) is 0 Å². The number of ketones is 1. The molecule has 0 heterocycles. The van der Waals surface area contributed by atoms with Gasteiger partial charge < -0.3 is 5.73 Å². The third kappa shape index (κ3) is 3.41. The molecule has 0 fully saturated rings. The lowest BCUT2D eigenvalue weighted by atomic mass is 10.0. The molecular formula is C16H16FNO. The molecule has 0 saturated carbocycles. The maximum absolute atomic E-state index is 13.6. The zero-order valence-electron chi connectivity index (χ0n) is 10.8. The van der Waals surface area contributed by atoms with Gasteiger partial charge in [-0.3, -0.25) is 4.79 Å². The number of nitrogens with two attached hydrogens (primary N) is 1. The lowest BCUT2D eigenvalue weighted by Gasteiger charge is -2.05. The van der Waals surface area contributed by atoms with Gasteiger partial charge in [0, 0.05) is 12.1 Å². The SMILES string of the molecule is Cc1ccc(F)c(C(=O)CCc2ccc(N)cc2)c1. The minimum atomic E-state index is -0.451. The first-order valence-corrected chi connectivity index (χ1v) is 6.20. The number of nitrogen functional groups attached to an aromatic ring is 1. The number of benzene rings is 2. The topological polar surface area (TPSA) is 43.1 Å². The molecule has 0 amide bonds. The van der Waals surface area contributed by atoms with E-state index in [2.05, 4.69) is 0 Å². The number of carbonyl (C=O) groups is 1. The summed E-state index contributed by atoms with van der Waals surface area (Å²) < 4.78 is 13.6. The van der Waals surface area contributed by atoms with E-state index in [4.69, 9.17) is 5.73 Å². The van der Waals surface area contributed by atoms with Crippen molar-refractivity contribution in [1.82, 2.24) is 0 Å². The van der Waals surface area contributed by atoms with E-state index in [-0.39, 0.29) is 11.3 Å². The van der Waals surface area contributed by atoms with Crippen molar-refractivity contribution in [3.8, 4) is 0 Å². The molecule has 0 aromatic heterocycles. The predicted molar refractivity (Wildman–Crippen MR) is 74.6 cm³/mol. The summed E-state index contributed by atoms with van der Waals surface area (Å²) in [6.07, 6.45) is 0.886. The summed E-state index contributed by atoms with van der Waals surface area (Å²) in [6, 6.07) is 12.0. The molecule has 0 radical (unpaired) electrons. The van der Waals surface area contributed by atoms with E-state index in [1.165, 1.54) is 6.07 Å². The van der Waals surface area contributed by atoms with E-state index < -0.39 is 5.82 Å². The van der Waals surface area contributed by atoms with Crippen molar-refractivity contribution in [3.63, 3.8) is 0 Å². The monoisotopic (exact) mass is 257 g/mol. The standard InChI is InChI=1S/C16H16FNO/c1-11-2-8-15(17)14(10-11)16(19)9-5-12-3-6-13(18)7-4-12/h2-4,6-8,10H,5,9,18H2,1H3. The van der Waals surface area contributed by atoms with Gasteiger partial charge >= 0.3 is 0 Å². The Bertz CT molecular complexity index is 590. The Morgan fingerprint density at radius 1 is 1.16 bits per heavy atom. The highest BCUT2D eigenvalue weighted by atomic mass is 19.1. The molecule has 2 aromatic rings. The fraction of sp³-hybridized carbons (Fsp3) is 0.188. The van der Waals surface area contributed by atoms with E-state index in [9.17, 15) is 9.18 Å². The van der Waals surface area contributed by atoms with Gasteiger partial charge in [0.05, 0.1) is 5.56 Å². The average Bonchev–Trinajstić information content (AvgIpc) is 2.40. The summed E-state index contributed by atoms with van der Waals surface area (Å²) >= 11 is 0. The molecule has 0 aliphatic carbocycles. The lowest BCUT2D eigenvalue weighted by Crippen LogP contribution is -2.04. The molecule has 2 nitrogen and oxygen atoms in total. The first kappa shape index (κ1) is 13.3. The van der Waals surface area contributed by atoms with Gasteiger partial charge in [0.1, 0.15) is 5.82 Å². The smallest absolute Gasteiger partial charge is 0.166 e. The van der Waals surface area contributed by atoms with Crippen molar-refractivity contribution in [2.24, 2.45) is 0 Å². The first-order chi connectivity index (χ1) is 9.06. The Morgan fingerprint density at radius 3 is 2.53 bits per heavy atom. The van der Waals surface area contributed by atoms with Gasteiger partial charge in [-0.15, -0.1) is 0 Å². The first-order valence-electron chi connectivity index (χ1n) is 6.20. The van der Waals surface area contributed by atoms with Gasteiger partial charge in [0.2, 0.25) is 0 Å². The molecule has 0 aliphatic heterocycles. The fourth-order valence-electron chi connectivity index (χ4n) is 1.93. The second-order valence-electron chi connectivity index (χ2n) is 4.65. The molecule has 0 spiro atoms. The number of hydrogen-bond donors (Lipinski definition) is 1. The number of halogens is 1. The Labute approximate surface area is 112 Å². The molecule has 3 heteroatoms. The summed E-state index contributed by atoms with van der Waals surface area (Å²) in [4.78, 5) is 12.0. The van der Waals surface area contributed by atoms with E-state index in [1.807, 2.05) is 19.1 Å². The molecule has 98 valence electrons. The zero-order chi connectivity index (χ0) is 13.8. The van der Waals surface area contributed by atoms with E-state index in [0.29, 0.717) is 18.5 Å². The highest BCUT2D eigenvalue weighted by molar-refractivity contribution is 5.96. The number of rotatable bonds is 4. The second kappa shape index (κ2) is 5.65. The van der Waals surface area contributed by atoms with Crippen LogP contribution >= 0.6 is 0 Å². The molecule has 2 rings (SSSR count). The number of hydrogen-bond acceptors (Lipinski definition) is 2. The minimum absolute atomic E-state index is 0.168. The van der Waals surface area contributed by atoms with Crippen LogP contribution in [0.5, 0.6) is 0 Å². The van der Waals surface area contributed by atoms with Gasteiger partial charge in [-0.1, -0.05) is 23.8 Å². The van der Waals surface area contributed by atoms with Gasteiger partial charge in [-0.2, -0.15) is 0 Å². The van der Waals surface area contributed by atoms with Crippen molar-refractivity contribution < 1.29 is 9.18 Å². The summed E-state index contributed by atoms with van der Waals surface area (Å²) in [5.41, 5.74) is 8.37. The average molecular weight is 257 g/mol. The fourth-order valence-corrected chi connectivity index (χ4v) is 1.93. The second-order valence-corrected chi connectivity index (χ2v) is 4.65. The van der Waals surface area contributed by atoms with Crippen molar-refractivity contribution in [2.75, 3.05) is 5.73 Å². The highest BCUT2D eigenvalue weighted by Gasteiger charge is 2.11. The molecular weight excluding hydrogens is 241 g/mol. The number of anilines is 1. The number of carbonyl (C=O) groups excluding carboxylic acids is 1. The van der Waals surface area contributed by atoms with Gasteiger partial charge in [-0.05, 0) is 43.2 Å². The Hall–Kier alpha value is -2.16. The van der Waals surface area contributed by atoms with Crippen LogP contribution in [0.1, 0.15) is 27.9 Å². The summed E-state index contributed by atoms with van der Waals surface area (Å²) in [5, 5.41) is 0. The van der Waals surface area contributed by atoms with Crippen LogP contribution in [0.25, 0.3) is 0 Å². The molecule has 0 bridgehead atoms. The van der Waals surface area contributed by atoms with Crippen molar-refractivity contribution in [2.45, 2.75) is 19.8 Å². The molecule has 0 aliphatic rings. The lowest BCUT2D eigenvalue weighted by molar-refractivity contribution is 0.0979. The van der Waals surface area contributed by atoms with Crippen LogP contribution in [0.3, 0.4) is 0 Å². The molecule has 0 saturated heterocycles. The predicted octanol–water partition coefficient (Wildman–Crippen LogP) is 3.53. The van der Waals surface area contributed by atoms with Crippen LogP contribution in [-0.4, -0.2) is 5.78 Å². The van der Waals surface area contributed by atoms with Crippen LogP contribution < -0.4 is 5.73 Å². The maximum Gasteiger partial charge on any atom is 0.166 e. The van der Waals surface area contributed by atoms with E-state index >= 15 is 0 Å². The normalized spacial score (nSPS) is 10.4. The van der Waals surface area contributed by atoms with Gasteiger partial charge in [-0.25, -0.2) is 4.39 Å². The van der Waals surface area contributed by atoms with E-state index in [1.54, 1.807) is 24.3 Å². The minimum Gasteiger partial charge on any atom is -0.399 e. The largest absolute Gasteiger partial charge is 0.399 e. The summed E-state index contributed by atoms with van der Waals surface area (Å²) in [5.74, 6) is -0.620. The van der Waals surface area contributed by atoms with Crippen LogP contribution in [0, 0.1) is 12.7 Å². The molecule has 2 aromatic carbocycles. The van der Waals surface area contributed by atoms with Crippen molar-refractivity contribution in [3.05, 3.63) is 65.0 Å². The van der Waals surface area contributed by atoms with Crippen molar-refractivity contribution >= 4 is 11.5 Å². The summed E-state index contributed by atoms with van der Waals surface area (Å²) in [6.45, 7) is 1.84. The highest BCUT2D eigenvalue weighted by Crippen LogP contribution is 2.14. The van der Waals surface area contributed by atoms with Crippen LogP contribution in [-0.2, 0) is 6.42 Å². The number of aryl methyl sites for hydroxylation is 2. The summed E-state index contributed by atoms with van der Waals surface area (Å²) in [7, 11) is 0. The van der Waals surface area contributed by atoms with Crippen LogP contribution in [0.15, 0.2) is 42.5 Å². The molecule has 2 N–H and O–H groups in total. The van der Waals surface area contributed by atoms with Crippen LogP contribution in [0.4, 0.5) is 10.1 Å². The molecule has 0 unspecified atom stereocenters. The Balaban J connectivity index is 2.05. The number of Topliss-reactive ketones (excluding diaryl/α,β-unsaturated/α-hetero) is 1. The Morgan fingerprint density at radius 2 is 1.84 bits per heavy atom. The maximum atomic E-state index is 13.6.